The Morgan fingerprint density at radius 2 is 1.68 bits per heavy atom. The molecule has 1 amide bonds. The molecule has 3 aromatic carbocycles. The standard InChI is InChI=1S/C24H19ClN2O/c1-15-11-12-18(13-16(15)2)26-24(28)20-14-22(17-7-4-3-5-8-17)27-23-19(20)9-6-10-21(23)25/h3-14H,1-2H3,(H,26,28). The number of carbonyl (C=O) groups excluding carboxylic acids is 1. The summed E-state index contributed by atoms with van der Waals surface area (Å²) in [6.07, 6.45) is 0. The molecule has 4 heteroatoms. The number of rotatable bonds is 3. The maximum Gasteiger partial charge on any atom is 0.256 e. The van der Waals surface area contributed by atoms with Gasteiger partial charge in [0.2, 0.25) is 0 Å². The Morgan fingerprint density at radius 1 is 0.893 bits per heavy atom. The lowest BCUT2D eigenvalue weighted by atomic mass is 10.0. The molecule has 0 fully saturated rings. The predicted octanol–water partition coefficient (Wildman–Crippen LogP) is 6.42. The summed E-state index contributed by atoms with van der Waals surface area (Å²) in [6, 6.07) is 23.0. The summed E-state index contributed by atoms with van der Waals surface area (Å²) in [5, 5.41) is 4.26. The fourth-order valence-corrected chi connectivity index (χ4v) is 3.39. The first-order chi connectivity index (χ1) is 13.5. The van der Waals surface area contributed by atoms with Gasteiger partial charge in [-0.05, 0) is 49.2 Å². The summed E-state index contributed by atoms with van der Waals surface area (Å²) in [5.74, 6) is -0.185. The molecule has 0 aliphatic heterocycles. The maximum atomic E-state index is 13.1. The number of aromatic nitrogens is 1. The number of benzene rings is 3. The molecule has 0 atom stereocenters. The van der Waals surface area contributed by atoms with E-state index in [2.05, 4.69) is 5.32 Å². The summed E-state index contributed by atoms with van der Waals surface area (Å²) in [6.45, 7) is 4.07. The lowest BCUT2D eigenvalue weighted by Crippen LogP contribution is -2.13. The Morgan fingerprint density at radius 3 is 2.43 bits per heavy atom. The Kier molecular flexibility index (Phi) is 4.84. The van der Waals surface area contributed by atoms with E-state index in [0.29, 0.717) is 21.8 Å². The summed E-state index contributed by atoms with van der Waals surface area (Å²) in [4.78, 5) is 17.8. The second-order valence-electron chi connectivity index (χ2n) is 6.81. The second-order valence-corrected chi connectivity index (χ2v) is 7.22. The van der Waals surface area contributed by atoms with E-state index >= 15 is 0 Å². The number of amides is 1. The largest absolute Gasteiger partial charge is 0.322 e. The van der Waals surface area contributed by atoms with Gasteiger partial charge >= 0.3 is 0 Å². The van der Waals surface area contributed by atoms with Gasteiger partial charge in [0.25, 0.3) is 5.91 Å². The molecule has 0 unspecified atom stereocenters. The number of pyridine rings is 1. The van der Waals surface area contributed by atoms with Crippen LogP contribution in [0.2, 0.25) is 5.02 Å². The molecule has 4 rings (SSSR count). The van der Waals surface area contributed by atoms with Crippen molar-refractivity contribution in [2.45, 2.75) is 13.8 Å². The molecule has 0 saturated carbocycles. The molecular weight excluding hydrogens is 368 g/mol. The van der Waals surface area contributed by atoms with Crippen LogP contribution >= 0.6 is 11.6 Å². The van der Waals surface area contributed by atoms with Gasteiger partial charge in [-0.2, -0.15) is 0 Å². The van der Waals surface area contributed by atoms with Gasteiger partial charge in [0.1, 0.15) is 0 Å². The van der Waals surface area contributed by atoms with E-state index in [1.807, 2.05) is 80.6 Å². The van der Waals surface area contributed by atoms with E-state index in [9.17, 15) is 4.79 Å². The van der Waals surface area contributed by atoms with E-state index in [0.717, 1.165) is 22.2 Å². The fourth-order valence-electron chi connectivity index (χ4n) is 3.18. The van der Waals surface area contributed by atoms with E-state index in [1.54, 1.807) is 6.07 Å². The van der Waals surface area contributed by atoms with Crippen LogP contribution in [-0.2, 0) is 0 Å². The number of nitrogens with zero attached hydrogens (tertiary/aromatic N) is 1. The minimum Gasteiger partial charge on any atom is -0.322 e. The quantitative estimate of drug-likeness (QED) is 0.441. The first-order valence-electron chi connectivity index (χ1n) is 9.06. The van der Waals surface area contributed by atoms with E-state index < -0.39 is 0 Å². The number of para-hydroxylation sites is 1. The zero-order valence-corrected chi connectivity index (χ0v) is 16.4. The summed E-state index contributed by atoms with van der Waals surface area (Å²) < 4.78 is 0. The van der Waals surface area contributed by atoms with E-state index in [1.165, 1.54) is 5.56 Å². The van der Waals surface area contributed by atoms with Crippen molar-refractivity contribution in [3.05, 3.63) is 94.5 Å². The highest BCUT2D eigenvalue weighted by Gasteiger charge is 2.16. The third kappa shape index (κ3) is 3.49. The van der Waals surface area contributed by atoms with Gasteiger partial charge in [-0.3, -0.25) is 4.79 Å². The maximum absolute atomic E-state index is 13.1. The third-order valence-electron chi connectivity index (χ3n) is 4.87. The van der Waals surface area contributed by atoms with Crippen LogP contribution in [0.15, 0.2) is 72.8 Å². The Hall–Kier alpha value is -3.17. The minimum atomic E-state index is -0.185. The van der Waals surface area contributed by atoms with Crippen LogP contribution in [0.5, 0.6) is 0 Å². The molecule has 1 aromatic heterocycles. The molecular formula is C24H19ClN2O. The fraction of sp³-hybridized carbons (Fsp3) is 0.0833. The van der Waals surface area contributed by atoms with Gasteiger partial charge in [0.05, 0.1) is 21.8 Å². The van der Waals surface area contributed by atoms with Gasteiger partial charge in [-0.25, -0.2) is 4.98 Å². The van der Waals surface area contributed by atoms with E-state index in [-0.39, 0.29) is 5.91 Å². The van der Waals surface area contributed by atoms with Gasteiger partial charge < -0.3 is 5.32 Å². The minimum absolute atomic E-state index is 0.185. The highest BCUT2D eigenvalue weighted by atomic mass is 35.5. The van der Waals surface area contributed by atoms with Crippen LogP contribution in [0.25, 0.3) is 22.2 Å². The van der Waals surface area contributed by atoms with Crippen LogP contribution in [-0.4, -0.2) is 10.9 Å². The van der Waals surface area contributed by atoms with Crippen molar-refractivity contribution in [2.24, 2.45) is 0 Å². The molecule has 138 valence electrons. The summed E-state index contributed by atoms with van der Waals surface area (Å²) >= 11 is 6.40. The highest BCUT2D eigenvalue weighted by Crippen LogP contribution is 2.29. The normalized spacial score (nSPS) is 10.8. The molecule has 1 N–H and O–H groups in total. The number of nitrogens with one attached hydrogen (secondary N) is 1. The molecule has 0 aliphatic carbocycles. The Balaban J connectivity index is 1.83. The molecule has 4 aromatic rings. The lowest BCUT2D eigenvalue weighted by Gasteiger charge is -2.12. The average molecular weight is 387 g/mol. The highest BCUT2D eigenvalue weighted by molar-refractivity contribution is 6.35. The van der Waals surface area contributed by atoms with Crippen molar-refractivity contribution in [3.8, 4) is 11.3 Å². The van der Waals surface area contributed by atoms with Gasteiger partial charge in [0.15, 0.2) is 0 Å². The molecule has 0 bridgehead atoms. The van der Waals surface area contributed by atoms with Crippen molar-refractivity contribution >= 4 is 34.1 Å². The zero-order valence-electron chi connectivity index (χ0n) is 15.7. The molecule has 28 heavy (non-hydrogen) atoms. The Bertz CT molecular complexity index is 1190. The Labute approximate surface area is 169 Å². The molecule has 0 aliphatic rings. The number of halogens is 1. The van der Waals surface area contributed by atoms with Crippen molar-refractivity contribution in [1.29, 1.82) is 0 Å². The molecule has 0 radical (unpaired) electrons. The second kappa shape index (κ2) is 7.45. The zero-order chi connectivity index (χ0) is 19.7. The van der Waals surface area contributed by atoms with Crippen molar-refractivity contribution in [1.82, 2.24) is 4.98 Å². The molecule has 1 heterocycles. The SMILES string of the molecule is Cc1ccc(NC(=O)c2cc(-c3ccccc3)nc3c(Cl)cccc23)cc1C. The smallest absolute Gasteiger partial charge is 0.256 e. The van der Waals surface area contributed by atoms with Crippen molar-refractivity contribution in [3.63, 3.8) is 0 Å². The van der Waals surface area contributed by atoms with Crippen LogP contribution in [0, 0.1) is 13.8 Å². The van der Waals surface area contributed by atoms with Crippen LogP contribution in [0.4, 0.5) is 5.69 Å². The van der Waals surface area contributed by atoms with Gasteiger partial charge in [0, 0.05) is 16.6 Å². The van der Waals surface area contributed by atoms with E-state index in [4.69, 9.17) is 16.6 Å². The molecule has 3 nitrogen and oxygen atoms in total. The van der Waals surface area contributed by atoms with Crippen molar-refractivity contribution < 1.29 is 4.79 Å². The average Bonchev–Trinajstić information content (AvgIpc) is 2.71. The number of fused-ring (bicyclic) bond motifs is 1. The number of anilines is 1. The van der Waals surface area contributed by atoms with Crippen LogP contribution in [0.3, 0.4) is 0 Å². The topological polar surface area (TPSA) is 42.0 Å². The van der Waals surface area contributed by atoms with Crippen LogP contribution < -0.4 is 5.32 Å². The van der Waals surface area contributed by atoms with Gasteiger partial charge in [-0.1, -0.05) is 60.1 Å². The number of aryl methyl sites for hydroxylation is 2. The first-order valence-corrected chi connectivity index (χ1v) is 9.44. The van der Waals surface area contributed by atoms with Crippen LogP contribution in [0.1, 0.15) is 21.5 Å². The summed E-state index contributed by atoms with van der Waals surface area (Å²) in [7, 11) is 0. The molecule has 0 spiro atoms. The number of hydrogen-bond donors (Lipinski definition) is 1. The number of carbonyl (C=O) groups is 1. The van der Waals surface area contributed by atoms with Crippen molar-refractivity contribution in [2.75, 3.05) is 5.32 Å². The lowest BCUT2D eigenvalue weighted by molar-refractivity contribution is 0.102. The summed E-state index contributed by atoms with van der Waals surface area (Å²) in [5.41, 5.74) is 5.90. The molecule has 0 saturated heterocycles. The first kappa shape index (κ1) is 18.2. The predicted molar refractivity (Wildman–Crippen MR) is 116 cm³/mol. The van der Waals surface area contributed by atoms with Gasteiger partial charge in [-0.15, -0.1) is 0 Å². The number of hydrogen-bond acceptors (Lipinski definition) is 2. The monoisotopic (exact) mass is 386 g/mol. The third-order valence-corrected chi connectivity index (χ3v) is 5.17.